The Kier molecular flexibility index (Phi) is 7.77. The molecule has 200 valence electrons. The van der Waals surface area contributed by atoms with Crippen molar-refractivity contribution in [3.8, 4) is 0 Å². The molecule has 2 rings (SSSR count). The van der Waals surface area contributed by atoms with Gasteiger partial charge in [0.1, 0.15) is 11.4 Å². The largest absolute Gasteiger partial charge is 0.534 e. The van der Waals surface area contributed by atoms with Crippen LogP contribution in [-0.4, -0.2) is 55.0 Å². The first-order valence-electron chi connectivity index (χ1n) is 11.6. The van der Waals surface area contributed by atoms with Crippen LogP contribution in [0.2, 0.25) is 36.3 Å². The first kappa shape index (κ1) is 29.8. The van der Waals surface area contributed by atoms with Crippen LogP contribution in [0.15, 0.2) is 11.8 Å². The highest BCUT2D eigenvalue weighted by Gasteiger charge is 2.57. The maximum absolute atomic E-state index is 13.1. The molecule has 2 atom stereocenters. The molecule has 0 saturated carbocycles. The fraction of sp³-hybridized carbons (Fsp3) is 0.909. The fourth-order valence-electron chi connectivity index (χ4n) is 3.45. The molecule has 2 unspecified atom stereocenters. The Hall–Kier alpha value is -0.406. The quantitative estimate of drug-likeness (QED) is 0.197. The Balaban J connectivity index is 2.37. The molecule has 2 bridgehead atoms. The van der Waals surface area contributed by atoms with E-state index < -0.39 is 43.5 Å². The summed E-state index contributed by atoms with van der Waals surface area (Å²) in [6.07, 6.45) is 2.24. The lowest BCUT2D eigenvalue weighted by Crippen LogP contribution is -2.51. The van der Waals surface area contributed by atoms with Gasteiger partial charge in [-0.15, -0.1) is 0 Å². The van der Waals surface area contributed by atoms with Crippen molar-refractivity contribution in [2.75, 3.05) is 13.2 Å². The Bertz CT molecular complexity index is 903. The molecule has 0 spiro atoms. The maximum atomic E-state index is 13.1. The second-order valence-corrected chi connectivity index (χ2v) is 23.9. The van der Waals surface area contributed by atoms with Crippen LogP contribution in [-0.2, 0) is 27.9 Å². The van der Waals surface area contributed by atoms with Gasteiger partial charge in [0.2, 0.25) is 0 Å². The van der Waals surface area contributed by atoms with E-state index in [0.29, 0.717) is 12.8 Å². The van der Waals surface area contributed by atoms with Crippen molar-refractivity contribution < 1.29 is 39.4 Å². The van der Waals surface area contributed by atoms with E-state index in [0.717, 1.165) is 0 Å². The minimum Gasteiger partial charge on any atom is -0.414 e. The van der Waals surface area contributed by atoms with E-state index in [4.69, 9.17) is 13.6 Å². The third-order valence-electron chi connectivity index (χ3n) is 7.83. The van der Waals surface area contributed by atoms with Crippen molar-refractivity contribution in [2.24, 2.45) is 0 Å². The third-order valence-corrected chi connectivity index (χ3v) is 17.8. The minimum atomic E-state index is -5.79. The summed E-state index contributed by atoms with van der Waals surface area (Å²) in [6.45, 7) is 21.1. The van der Waals surface area contributed by atoms with Crippen LogP contribution in [0.4, 0.5) is 13.2 Å². The van der Waals surface area contributed by atoms with Gasteiger partial charge in [-0.1, -0.05) is 41.5 Å². The van der Waals surface area contributed by atoms with Crippen molar-refractivity contribution in [3.05, 3.63) is 11.8 Å². The Morgan fingerprint density at radius 2 is 1.38 bits per heavy atom. The highest BCUT2D eigenvalue weighted by atomic mass is 32.2. The highest BCUT2D eigenvalue weighted by molar-refractivity contribution is 7.87. The van der Waals surface area contributed by atoms with Gasteiger partial charge in [0.25, 0.3) is 0 Å². The van der Waals surface area contributed by atoms with Crippen molar-refractivity contribution >= 4 is 26.8 Å². The number of fused-ring (bicyclic) bond motifs is 2. The molecule has 0 aliphatic carbocycles. The molecule has 2 aliphatic rings. The molecule has 34 heavy (non-hydrogen) atoms. The minimum absolute atomic E-state index is 0.0752. The van der Waals surface area contributed by atoms with Gasteiger partial charge in [-0.25, -0.2) is 0 Å². The van der Waals surface area contributed by atoms with Crippen molar-refractivity contribution in [3.63, 3.8) is 0 Å². The maximum Gasteiger partial charge on any atom is 0.534 e. The van der Waals surface area contributed by atoms with Crippen LogP contribution < -0.4 is 0 Å². The second kappa shape index (κ2) is 8.86. The summed E-state index contributed by atoms with van der Waals surface area (Å²) in [6, 6.07) is 0. The van der Waals surface area contributed by atoms with E-state index >= 15 is 0 Å². The number of rotatable bonds is 8. The van der Waals surface area contributed by atoms with Crippen molar-refractivity contribution in [1.82, 2.24) is 0 Å². The first-order valence-corrected chi connectivity index (χ1v) is 18.8. The zero-order chi connectivity index (χ0) is 26.6. The highest BCUT2D eigenvalue weighted by Crippen LogP contribution is 2.50. The lowest BCUT2D eigenvalue weighted by Gasteiger charge is -2.44. The van der Waals surface area contributed by atoms with Crippen LogP contribution in [0, 0.1) is 0 Å². The summed E-state index contributed by atoms with van der Waals surface area (Å²) >= 11 is 0. The summed E-state index contributed by atoms with van der Waals surface area (Å²) in [7, 11) is -10.2. The molecule has 1 fully saturated rings. The van der Waals surface area contributed by atoms with E-state index in [2.05, 4.69) is 71.9 Å². The Morgan fingerprint density at radius 3 is 1.82 bits per heavy atom. The average Bonchev–Trinajstić information content (AvgIpc) is 2.87. The zero-order valence-electron chi connectivity index (χ0n) is 22.1. The molecule has 2 aliphatic heterocycles. The van der Waals surface area contributed by atoms with Crippen LogP contribution in [0.1, 0.15) is 60.8 Å². The van der Waals surface area contributed by atoms with E-state index in [9.17, 15) is 21.6 Å². The summed E-state index contributed by atoms with van der Waals surface area (Å²) in [5, 5.41) is -0.156. The lowest BCUT2D eigenvalue weighted by atomic mass is 9.97. The third kappa shape index (κ3) is 6.28. The van der Waals surface area contributed by atoms with Crippen LogP contribution in [0.25, 0.3) is 0 Å². The van der Waals surface area contributed by atoms with Crippen LogP contribution in [0.3, 0.4) is 0 Å². The monoisotopic (exact) mass is 546 g/mol. The van der Waals surface area contributed by atoms with Crippen molar-refractivity contribution in [1.29, 1.82) is 0 Å². The van der Waals surface area contributed by atoms with Crippen LogP contribution in [0.5, 0.6) is 0 Å². The number of alkyl halides is 3. The Labute approximate surface area is 204 Å². The molecule has 6 nitrogen and oxygen atoms in total. The molecule has 0 radical (unpaired) electrons. The molecule has 1 saturated heterocycles. The second-order valence-electron chi connectivity index (χ2n) is 12.7. The number of halogens is 3. The fourth-order valence-corrected chi connectivity index (χ4v) is 6.02. The van der Waals surface area contributed by atoms with Gasteiger partial charge in [-0.2, -0.15) is 21.6 Å². The summed E-state index contributed by atoms with van der Waals surface area (Å²) < 4.78 is 86.5. The molecule has 12 heteroatoms. The predicted molar refractivity (Wildman–Crippen MR) is 131 cm³/mol. The summed E-state index contributed by atoms with van der Waals surface area (Å²) in [5.41, 5.74) is -7.56. The molecular weight excluding hydrogens is 505 g/mol. The average molecular weight is 547 g/mol. The van der Waals surface area contributed by atoms with Gasteiger partial charge in [-0.3, -0.25) is 0 Å². The van der Waals surface area contributed by atoms with E-state index in [1.54, 1.807) is 0 Å². The summed E-state index contributed by atoms with van der Waals surface area (Å²) in [4.78, 5) is 0. The number of hydrogen-bond acceptors (Lipinski definition) is 6. The van der Waals surface area contributed by atoms with Gasteiger partial charge in [0.05, 0.1) is 18.8 Å². The van der Waals surface area contributed by atoms with Gasteiger partial charge in [-0.05, 0) is 55.2 Å². The van der Waals surface area contributed by atoms with Gasteiger partial charge >= 0.3 is 15.6 Å². The van der Waals surface area contributed by atoms with Crippen LogP contribution >= 0.6 is 0 Å². The summed E-state index contributed by atoms with van der Waals surface area (Å²) in [5.74, 6) is -0.265. The van der Waals surface area contributed by atoms with Crippen molar-refractivity contribution in [2.45, 2.75) is 114 Å². The topological polar surface area (TPSA) is 71.1 Å². The number of ether oxygens (including phenoxy) is 1. The molecule has 0 N–H and O–H groups in total. The molecule has 0 amide bonds. The van der Waals surface area contributed by atoms with Gasteiger partial charge < -0.3 is 17.8 Å². The van der Waals surface area contributed by atoms with E-state index in [-0.39, 0.29) is 35.5 Å². The predicted octanol–water partition coefficient (Wildman–Crippen LogP) is 6.47. The van der Waals surface area contributed by atoms with Gasteiger partial charge in [0.15, 0.2) is 16.6 Å². The molecular formula is C22H41F3O6SSi2. The van der Waals surface area contributed by atoms with Gasteiger partial charge in [0, 0.05) is 6.42 Å². The number of hydrogen-bond donors (Lipinski definition) is 0. The standard InChI is InChI=1S/C22H41F3O6SSi2/c1-18(2,3)33(7,8)28-15-20-11-12-21(31-20,16-29-34(9,10)19(4,5)6)14-17(13-20)30-32(26,27)22(23,24)25/h13H,11-12,14-16H2,1-10H3. The Morgan fingerprint density at radius 1 is 0.912 bits per heavy atom. The van der Waals surface area contributed by atoms with E-state index in [1.807, 2.05) is 0 Å². The molecule has 0 aromatic carbocycles. The molecule has 0 aromatic heterocycles. The SMILES string of the molecule is CC(C)(C)[Si](C)(C)OCC12C=C(OS(=O)(=O)C(F)(F)F)CC(CO[Si](C)(C)C(C)(C)C)(CC1)O2. The zero-order valence-corrected chi connectivity index (χ0v) is 24.9. The normalized spacial score (nSPS) is 27.0. The van der Waals surface area contributed by atoms with E-state index in [1.165, 1.54) is 6.08 Å². The first-order chi connectivity index (χ1) is 14.9. The lowest BCUT2D eigenvalue weighted by molar-refractivity contribution is -0.130. The molecule has 0 aromatic rings. The molecule has 2 heterocycles. The smallest absolute Gasteiger partial charge is 0.414 e.